The summed E-state index contributed by atoms with van der Waals surface area (Å²) in [6.07, 6.45) is -3.57. The SMILES string of the molecule is Cc1cc(C(=O)NCc2ccc(F)c(C(F)(F)F)c2)ncn1. The van der Waals surface area contributed by atoms with Crippen molar-refractivity contribution in [3.8, 4) is 0 Å². The van der Waals surface area contributed by atoms with Gasteiger partial charge in [0.05, 0.1) is 5.56 Å². The maximum Gasteiger partial charge on any atom is 0.419 e. The third-order valence-electron chi connectivity index (χ3n) is 2.83. The van der Waals surface area contributed by atoms with Crippen LogP contribution in [-0.4, -0.2) is 15.9 Å². The largest absolute Gasteiger partial charge is 0.419 e. The first-order chi connectivity index (χ1) is 10.3. The maximum atomic E-state index is 13.1. The normalized spacial score (nSPS) is 11.3. The molecule has 116 valence electrons. The Hall–Kier alpha value is -2.51. The van der Waals surface area contributed by atoms with Crippen LogP contribution >= 0.6 is 0 Å². The van der Waals surface area contributed by atoms with E-state index in [9.17, 15) is 22.4 Å². The maximum absolute atomic E-state index is 13.1. The minimum Gasteiger partial charge on any atom is -0.347 e. The third kappa shape index (κ3) is 3.78. The van der Waals surface area contributed by atoms with Crippen molar-refractivity contribution in [3.63, 3.8) is 0 Å². The lowest BCUT2D eigenvalue weighted by atomic mass is 10.1. The molecule has 1 aromatic carbocycles. The highest BCUT2D eigenvalue weighted by Crippen LogP contribution is 2.31. The van der Waals surface area contributed by atoms with E-state index in [0.29, 0.717) is 11.8 Å². The first kappa shape index (κ1) is 15.9. The van der Waals surface area contributed by atoms with Gasteiger partial charge in [0.1, 0.15) is 17.8 Å². The number of nitrogens with one attached hydrogen (secondary N) is 1. The fourth-order valence-corrected chi connectivity index (χ4v) is 1.75. The summed E-state index contributed by atoms with van der Waals surface area (Å²) in [5.74, 6) is -1.91. The molecule has 2 aromatic rings. The third-order valence-corrected chi connectivity index (χ3v) is 2.83. The Morgan fingerprint density at radius 1 is 1.23 bits per heavy atom. The monoisotopic (exact) mass is 313 g/mol. The Kier molecular flexibility index (Phi) is 4.39. The van der Waals surface area contributed by atoms with E-state index in [1.807, 2.05) is 0 Å². The van der Waals surface area contributed by atoms with Gasteiger partial charge in [0, 0.05) is 12.2 Å². The zero-order chi connectivity index (χ0) is 16.3. The van der Waals surface area contributed by atoms with Crippen LogP contribution in [0.15, 0.2) is 30.6 Å². The Labute approximate surface area is 123 Å². The van der Waals surface area contributed by atoms with Crippen molar-refractivity contribution in [2.24, 2.45) is 0 Å². The summed E-state index contributed by atoms with van der Waals surface area (Å²) in [7, 11) is 0. The molecule has 0 bridgehead atoms. The van der Waals surface area contributed by atoms with Gasteiger partial charge in [-0.15, -0.1) is 0 Å². The molecule has 1 N–H and O–H groups in total. The molecule has 0 saturated carbocycles. The van der Waals surface area contributed by atoms with Gasteiger partial charge in [-0.2, -0.15) is 13.2 Å². The predicted molar refractivity (Wildman–Crippen MR) is 69.3 cm³/mol. The second kappa shape index (κ2) is 6.08. The molecule has 22 heavy (non-hydrogen) atoms. The van der Waals surface area contributed by atoms with Gasteiger partial charge >= 0.3 is 6.18 Å². The van der Waals surface area contributed by atoms with E-state index in [1.165, 1.54) is 18.5 Å². The van der Waals surface area contributed by atoms with Crippen LogP contribution in [0.4, 0.5) is 17.6 Å². The molecule has 1 heterocycles. The Balaban J connectivity index is 2.10. The van der Waals surface area contributed by atoms with Crippen molar-refractivity contribution < 1.29 is 22.4 Å². The van der Waals surface area contributed by atoms with Crippen LogP contribution in [0.3, 0.4) is 0 Å². The van der Waals surface area contributed by atoms with Gasteiger partial charge in [-0.05, 0) is 30.7 Å². The molecule has 0 atom stereocenters. The number of rotatable bonds is 3. The first-order valence-corrected chi connectivity index (χ1v) is 6.20. The van der Waals surface area contributed by atoms with Crippen LogP contribution in [0.2, 0.25) is 0 Å². The summed E-state index contributed by atoms with van der Waals surface area (Å²) in [5, 5.41) is 2.42. The average molecular weight is 313 g/mol. The molecule has 0 aliphatic heterocycles. The molecule has 8 heteroatoms. The lowest BCUT2D eigenvalue weighted by Gasteiger charge is -2.10. The number of alkyl halides is 3. The summed E-state index contributed by atoms with van der Waals surface area (Å²) >= 11 is 0. The van der Waals surface area contributed by atoms with E-state index >= 15 is 0 Å². The van der Waals surface area contributed by atoms with Gasteiger partial charge < -0.3 is 5.32 Å². The van der Waals surface area contributed by atoms with Crippen molar-refractivity contribution in [2.45, 2.75) is 19.6 Å². The van der Waals surface area contributed by atoms with E-state index in [4.69, 9.17) is 0 Å². The van der Waals surface area contributed by atoms with Crippen molar-refractivity contribution in [1.82, 2.24) is 15.3 Å². The van der Waals surface area contributed by atoms with Gasteiger partial charge in [0.25, 0.3) is 5.91 Å². The molecule has 4 nitrogen and oxygen atoms in total. The number of amides is 1. The van der Waals surface area contributed by atoms with Crippen LogP contribution in [0.5, 0.6) is 0 Å². The van der Waals surface area contributed by atoms with Crippen molar-refractivity contribution >= 4 is 5.91 Å². The summed E-state index contributed by atoms with van der Waals surface area (Å²) in [4.78, 5) is 19.4. The zero-order valence-corrected chi connectivity index (χ0v) is 11.4. The molecular formula is C14H11F4N3O. The average Bonchev–Trinajstić information content (AvgIpc) is 2.45. The Morgan fingerprint density at radius 3 is 2.59 bits per heavy atom. The van der Waals surface area contributed by atoms with E-state index in [-0.39, 0.29) is 17.8 Å². The molecule has 0 unspecified atom stereocenters. The molecule has 0 fully saturated rings. The quantitative estimate of drug-likeness (QED) is 0.887. The van der Waals surface area contributed by atoms with Crippen molar-refractivity contribution in [2.75, 3.05) is 0 Å². The minimum absolute atomic E-state index is 0.102. The summed E-state index contributed by atoms with van der Waals surface area (Å²) in [6.45, 7) is 1.50. The fraction of sp³-hybridized carbons (Fsp3) is 0.214. The number of hydrogen-bond acceptors (Lipinski definition) is 3. The van der Waals surface area contributed by atoms with Crippen LogP contribution in [-0.2, 0) is 12.7 Å². The molecule has 1 amide bonds. The van der Waals surface area contributed by atoms with Crippen LogP contribution in [0, 0.1) is 12.7 Å². The predicted octanol–water partition coefficient (Wildman–Crippen LogP) is 2.87. The Bertz CT molecular complexity index is 701. The number of halogens is 4. The lowest BCUT2D eigenvalue weighted by molar-refractivity contribution is -0.140. The van der Waals surface area contributed by atoms with Crippen LogP contribution < -0.4 is 5.32 Å². The van der Waals surface area contributed by atoms with Gasteiger partial charge in [-0.25, -0.2) is 14.4 Å². The van der Waals surface area contributed by atoms with Crippen LogP contribution in [0.25, 0.3) is 0 Å². The molecule has 0 aliphatic rings. The number of hydrogen-bond donors (Lipinski definition) is 1. The summed E-state index contributed by atoms with van der Waals surface area (Å²) in [6, 6.07) is 4.01. The molecule has 0 aliphatic carbocycles. The zero-order valence-electron chi connectivity index (χ0n) is 11.4. The molecule has 0 spiro atoms. The minimum atomic E-state index is -4.78. The van der Waals surface area contributed by atoms with E-state index in [1.54, 1.807) is 6.92 Å². The van der Waals surface area contributed by atoms with Gasteiger partial charge in [0.15, 0.2) is 0 Å². The number of aromatic nitrogens is 2. The van der Waals surface area contributed by atoms with E-state index < -0.39 is 23.5 Å². The molecule has 0 radical (unpaired) electrons. The second-order valence-electron chi connectivity index (χ2n) is 4.54. The standard InChI is InChI=1S/C14H11F4N3O/c1-8-4-12(21-7-20-8)13(22)19-6-9-2-3-11(15)10(5-9)14(16,17)18/h2-5,7H,6H2,1H3,(H,19,22). The number of benzene rings is 1. The van der Waals surface area contributed by atoms with Gasteiger partial charge in [0.2, 0.25) is 0 Å². The number of carbonyl (C=O) groups is 1. The van der Waals surface area contributed by atoms with Gasteiger partial charge in [-0.3, -0.25) is 4.79 Å². The molecule has 0 saturated heterocycles. The number of carbonyl (C=O) groups excluding carboxylic acids is 1. The highest BCUT2D eigenvalue weighted by atomic mass is 19.4. The van der Waals surface area contributed by atoms with Crippen molar-refractivity contribution in [3.05, 3.63) is 58.9 Å². The van der Waals surface area contributed by atoms with E-state index in [0.717, 1.165) is 6.07 Å². The van der Waals surface area contributed by atoms with E-state index in [2.05, 4.69) is 15.3 Å². The Morgan fingerprint density at radius 2 is 1.95 bits per heavy atom. The number of aryl methyl sites for hydroxylation is 1. The van der Waals surface area contributed by atoms with Crippen LogP contribution in [0.1, 0.15) is 27.3 Å². The molecule has 2 rings (SSSR count). The topological polar surface area (TPSA) is 54.9 Å². The lowest BCUT2D eigenvalue weighted by Crippen LogP contribution is -2.24. The smallest absolute Gasteiger partial charge is 0.347 e. The van der Waals surface area contributed by atoms with Gasteiger partial charge in [-0.1, -0.05) is 6.07 Å². The summed E-state index contributed by atoms with van der Waals surface area (Å²) in [5.41, 5.74) is -0.545. The summed E-state index contributed by atoms with van der Waals surface area (Å²) < 4.78 is 50.9. The number of nitrogens with zero attached hydrogens (tertiary/aromatic N) is 2. The fourth-order valence-electron chi connectivity index (χ4n) is 1.75. The van der Waals surface area contributed by atoms with Crippen molar-refractivity contribution in [1.29, 1.82) is 0 Å². The highest BCUT2D eigenvalue weighted by molar-refractivity contribution is 5.92. The molecular weight excluding hydrogens is 302 g/mol. The first-order valence-electron chi connectivity index (χ1n) is 6.20. The second-order valence-corrected chi connectivity index (χ2v) is 4.54. The molecule has 1 aromatic heterocycles. The highest BCUT2D eigenvalue weighted by Gasteiger charge is 2.34.